The molecule has 1 rings (SSSR count). The maximum Gasteiger partial charge on any atom is 0.408 e. The van der Waals surface area contributed by atoms with Gasteiger partial charge in [0, 0.05) is 12.1 Å². The van der Waals surface area contributed by atoms with Crippen LogP contribution in [0.2, 0.25) is 0 Å². The van der Waals surface area contributed by atoms with Gasteiger partial charge in [-0.1, -0.05) is 44.5 Å². The number of aryl methyl sites for hydroxylation is 2. The molecule has 0 aliphatic rings. The van der Waals surface area contributed by atoms with Gasteiger partial charge in [0.25, 0.3) is 0 Å². The first kappa shape index (κ1) is 29.5. The van der Waals surface area contributed by atoms with E-state index in [2.05, 4.69) is 10.6 Å². The Morgan fingerprint density at radius 3 is 2.09 bits per heavy atom. The molecule has 7 nitrogen and oxygen atoms in total. The van der Waals surface area contributed by atoms with Crippen LogP contribution in [0.5, 0.6) is 0 Å². The highest BCUT2D eigenvalue weighted by molar-refractivity contribution is 5.92. The van der Waals surface area contributed by atoms with Crippen LogP contribution in [-0.2, 0) is 14.3 Å². The Balaban J connectivity index is 3.53. The van der Waals surface area contributed by atoms with E-state index in [0.717, 1.165) is 16.7 Å². The number of carbonyl (C=O) groups is 3. The van der Waals surface area contributed by atoms with E-state index < -0.39 is 29.3 Å². The zero-order chi connectivity index (χ0) is 26.4. The molecule has 1 aromatic carbocycles. The predicted octanol–water partition coefficient (Wildman–Crippen LogP) is 5.05. The van der Waals surface area contributed by atoms with E-state index in [1.54, 1.807) is 25.7 Å². The molecule has 0 fully saturated rings. The molecular weight excluding hydrogens is 430 g/mol. The Hall–Kier alpha value is -2.57. The summed E-state index contributed by atoms with van der Waals surface area (Å²) in [5, 5.41) is 5.80. The van der Waals surface area contributed by atoms with Gasteiger partial charge in [0.05, 0.1) is 0 Å². The van der Waals surface area contributed by atoms with Crippen LogP contribution < -0.4 is 10.6 Å². The molecule has 0 saturated heterocycles. The number of benzene rings is 1. The molecule has 0 saturated carbocycles. The quantitative estimate of drug-likeness (QED) is 0.551. The van der Waals surface area contributed by atoms with Gasteiger partial charge in [-0.2, -0.15) is 0 Å². The zero-order valence-electron chi connectivity index (χ0n) is 23.0. The van der Waals surface area contributed by atoms with Gasteiger partial charge in [0.1, 0.15) is 17.7 Å². The van der Waals surface area contributed by atoms with Crippen LogP contribution in [-0.4, -0.2) is 46.5 Å². The number of alkyl carbamates (subject to hydrolysis) is 1. The smallest absolute Gasteiger partial charge is 0.408 e. The second kappa shape index (κ2) is 11.7. The van der Waals surface area contributed by atoms with Gasteiger partial charge in [-0.3, -0.25) is 9.59 Å². The van der Waals surface area contributed by atoms with E-state index in [1.165, 1.54) is 0 Å². The van der Waals surface area contributed by atoms with Crippen LogP contribution in [0, 0.1) is 19.8 Å². The van der Waals surface area contributed by atoms with Gasteiger partial charge in [0.2, 0.25) is 11.8 Å². The Kier molecular flexibility index (Phi) is 10.2. The highest BCUT2D eigenvalue weighted by Gasteiger charge is 2.38. The first-order valence-corrected chi connectivity index (χ1v) is 12.2. The number of amides is 3. The summed E-state index contributed by atoms with van der Waals surface area (Å²) < 4.78 is 5.40. The van der Waals surface area contributed by atoms with Crippen LogP contribution in [0.4, 0.5) is 4.79 Å². The number of carbonyl (C=O) groups excluding carboxylic acids is 3. The third-order valence-corrected chi connectivity index (χ3v) is 5.14. The van der Waals surface area contributed by atoms with Gasteiger partial charge in [-0.15, -0.1) is 0 Å². The van der Waals surface area contributed by atoms with E-state index in [9.17, 15) is 14.4 Å². The number of nitrogens with one attached hydrogen (secondary N) is 2. The fourth-order valence-electron chi connectivity index (χ4n) is 3.68. The molecule has 2 unspecified atom stereocenters. The summed E-state index contributed by atoms with van der Waals surface area (Å²) in [4.78, 5) is 41.7. The third-order valence-electron chi connectivity index (χ3n) is 5.14. The van der Waals surface area contributed by atoms with Gasteiger partial charge in [-0.05, 0) is 78.9 Å². The van der Waals surface area contributed by atoms with Crippen molar-refractivity contribution in [2.45, 2.75) is 106 Å². The van der Waals surface area contributed by atoms with Gasteiger partial charge in [0.15, 0.2) is 0 Å². The normalized spacial score (nSPS) is 13.8. The predicted molar refractivity (Wildman–Crippen MR) is 137 cm³/mol. The first-order chi connectivity index (χ1) is 15.5. The molecule has 0 aromatic heterocycles. The van der Waals surface area contributed by atoms with Crippen LogP contribution in [0.1, 0.15) is 91.5 Å². The second-order valence-corrected chi connectivity index (χ2v) is 11.4. The maximum atomic E-state index is 13.9. The Morgan fingerprint density at radius 1 is 1.03 bits per heavy atom. The summed E-state index contributed by atoms with van der Waals surface area (Å²) in [6.07, 6.45) is 0.00564. The van der Waals surface area contributed by atoms with Crippen LogP contribution >= 0.6 is 0 Å². The molecule has 0 heterocycles. The molecule has 192 valence electrons. The van der Waals surface area contributed by atoms with Crippen LogP contribution in [0.3, 0.4) is 0 Å². The minimum atomic E-state index is -0.837. The standard InChI is InChI=1S/C27H45N3O4/c1-12-15-30(24(32)21(17(2)3)28-25(33)34-27(9,10)11)22(23(31)29-26(6,7)8)20-16-18(4)13-14-19(20)5/h13-14,16-17,21-22H,12,15H2,1-11H3,(H,28,33)(H,29,31). The molecule has 2 N–H and O–H groups in total. The average molecular weight is 476 g/mol. The molecule has 1 aromatic rings. The van der Waals surface area contributed by atoms with Crippen LogP contribution in [0.15, 0.2) is 18.2 Å². The minimum absolute atomic E-state index is 0.204. The number of ether oxygens (including phenoxy) is 1. The van der Waals surface area contributed by atoms with Crippen molar-refractivity contribution >= 4 is 17.9 Å². The van der Waals surface area contributed by atoms with Crippen molar-refractivity contribution in [2.24, 2.45) is 5.92 Å². The lowest BCUT2D eigenvalue weighted by atomic mass is 9.94. The van der Waals surface area contributed by atoms with Gasteiger partial charge < -0.3 is 20.3 Å². The summed E-state index contributed by atoms with van der Waals surface area (Å²) >= 11 is 0. The van der Waals surface area contributed by atoms with Crippen molar-refractivity contribution in [2.75, 3.05) is 6.54 Å². The highest BCUT2D eigenvalue weighted by Crippen LogP contribution is 2.28. The van der Waals surface area contributed by atoms with Gasteiger partial charge >= 0.3 is 6.09 Å². The van der Waals surface area contributed by atoms with E-state index >= 15 is 0 Å². The summed E-state index contributed by atoms with van der Waals surface area (Å²) in [6, 6.07) is 4.26. The molecule has 0 aliphatic carbocycles. The lowest BCUT2D eigenvalue weighted by molar-refractivity contribution is -0.144. The minimum Gasteiger partial charge on any atom is -0.444 e. The van der Waals surface area contributed by atoms with Gasteiger partial charge in [-0.25, -0.2) is 4.79 Å². The van der Waals surface area contributed by atoms with E-state index in [-0.39, 0.29) is 17.7 Å². The van der Waals surface area contributed by atoms with Crippen molar-refractivity contribution in [1.82, 2.24) is 15.5 Å². The summed E-state index contributed by atoms with van der Waals surface area (Å²) in [5.74, 6) is -0.759. The molecule has 0 aliphatic heterocycles. The molecule has 0 spiro atoms. The molecule has 2 atom stereocenters. The number of hydrogen-bond donors (Lipinski definition) is 2. The number of nitrogens with zero attached hydrogens (tertiary/aromatic N) is 1. The SMILES string of the molecule is CCCN(C(=O)C(NC(=O)OC(C)(C)C)C(C)C)C(C(=O)NC(C)(C)C)c1cc(C)ccc1C. The van der Waals surface area contributed by atoms with E-state index in [1.807, 2.05) is 73.6 Å². The van der Waals surface area contributed by atoms with Crippen molar-refractivity contribution in [3.05, 3.63) is 34.9 Å². The summed E-state index contributed by atoms with van der Waals surface area (Å²) in [5.41, 5.74) is 1.55. The summed E-state index contributed by atoms with van der Waals surface area (Å²) in [7, 11) is 0. The maximum absolute atomic E-state index is 13.9. The van der Waals surface area contributed by atoms with Crippen LogP contribution in [0.25, 0.3) is 0 Å². The van der Waals surface area contributed by atoms with Crippen molar-refractivity contribution in [3.63, 3.8) is 0 Å². The zero-order valence-corrected chi connectivity index (χ0v) is 23.0. The Morgan fingerprint density at radius 2 is 1.62 bits per heavy atom. The fraction of sp³-hybridized carbons (Fsp3) is 0.667. The van der Waals surface area contributed by atoms with E-state index in [4.69, 9.17) is 4.74 Å². The number of rotatable bonds is 8. The lowest BCUT2D eigenvalue weighted by Gasteiger charge is -2.37. The second-order valence-electron chi connectivity index (χ2n) is 11.4. The fourth-order valence-corrected chi connectivity index (χ4v) is 3.68. The lowest BCUT2D eigenvalue weighted by Crippen LogP contribution is -2.56. The first-order valence-electron chi connectivity index (χ1n) is 12.2. The summed E-state index contributed by atoms with van der Waals surface area (Å²) in [6.45, 7) is 21.0. The van der Waals surface area contributed by atoms with Crippen molar-refractivity contribution in [3.8, 4) is 0 Å². The largest absolute Gasteiger partial charge is 0.444 e. The number of hydrogen-bond acceptors (Lipinski definition) is 4. The van der Waals surface area contributed by atoms with E-state index in [0.29, 0.717) is 13.0 Å². The highest BCUT2D eigenvalue weighted by atomic mass is 16.6. The molecule has 34 heavy (non-hydrogen) atoms. The third kappa shape index (κ3) is 8.99. The molecule has 3 amide bonds. The monoisotopic (exact) mass is 475 g/mol. The average Bonchev–Trinajstić information content (AvgIpc) is 2.64. The molecule has 0 radical (unpaired) electrons. The molecule has 7 heteroatoms. The Bertz CT molecular complexity index is 866. The molecule has 0 bridgehead atoms. The van der Waals surface area contributed by atoms with Crippen molar-refractivity contribution in [1.29, 1.82) is 0 Å². The topological polar surface area (TPSA) is 87.7 Å². The van der Waals surface area contributed by atoms with Crippen molar-refractivity contribution < 1.29 is 19.1 Å². The Labute approximate surface area is 206 Å². The molecular formula is C27H45N3O4.